The standard InChI is InChI=1S/C24H23F4N7/c1-34-12-10-17(11-13-34)30-21-8-9-22-29-14-19(35(22)33-21)15-2-4-16(5-3-15)31-23-18(25)6-7-20(32-23)24(26,27)28/h2-9,14,17H,10-13H2,1H3,(H,30,33)(H,31,32). The lowest BCUT2D eigenvalue weighted by Crippen LogP contribution is -2.36. The fourth-order valence-corrected chi connectivity index (χ4v) is 4.06. The number of hydrogen-bond acceptors (Lipinski definition) is 6. The summed E-state index contributed by atoms with van der Waals surface area (Å²) < 4.78 is 54.5. The average molecular weight is 485 g/mol. The zero-order valence-corrected chi connectivity index (χ0v) is 18.8. The predicted octanol–water partition coefficient (Wildman–Crippen LogP) is 5.20. The number of pyridine rings is 1. The first-order valence-electron chi connectivity index (χ1n) is 11.2. The fourth-order valence-electron chi connectivity index (χ4n) is 4.06. The maximum Gasteiger partial charge on any atom is 0.433 e. The predicted molar refractivity (Wildman–Crippen MR) is 125 cm³/mol. The van der Waals surface area contributed by atoms with Crippen molar-refractivity contribution in [2.45, 2.75) is 25.1 Å². The van der Waals surface area contributed by atoms with Gasteiger partial charge in [-0.1, -0.05) is 12.1 Å². The number of anilines is 3. The molecule has 1 aromatic carbocycles. The third-order valence-corrected chi connectivity index (χ3v) is 6.01. The van der Waals surface area contributed by atoms with Crippen molar-refractivity contribution in [1.82, 2.24) is 24.5 Å². The molecular weight excluding hydrogens is 462 g/mol. The quantitative estimate of drug-likeness (QED) is 0.379. The molecule has 35 heavy (non-hydrogen) atoms. The van der Waals surface area contributed by atoms with Crippen LogP contribution < -0.4 is 10.6 Å². The van der Waals surface area contributed by atoms with Crippen molar-refractivity contribution in [3.8, 4) is 11.3 Å². The van der Waals surface area contributed by atoms with Crippen LogP contribution in [0.15, 0.2) is 54.7 Å². The SMILES string of the molecule is CN1CCC(Nc2ccc3ncc(-c4ccc(Nc5nc(C(F)(F)F)ccc5F)cc4)n3n2)CC1. The van der Waals surface area contributed by atoms with Gasteiger partial charge in [-0.2, -0.15) is 13.2 Å². The first-order valence-corrected chi connectivity index (χ1v) is 11.2. The van der Waals surface area contributed by atoms with Crippen molar-refractivity contribution in [1.29, 1.82) is 0 Å². The topological polar surface area (TPSA) is 70.4 Å². The van der Waals surface area contributed by atoms with E-state index >= 15 is 0 Å². The fraction of sp³-hybridized carbons (Fsp3) is 0.292. The van der Waals surface area contributed by atoms with Crippen LogP contribution in [0.25, 0.3) is 16.9 Å². The smallest absolute Gasteiger partial charge is 0.366 e. The Labute approximate surface area is 198 Å². The Kier molecular flexibility index (Phi) is 6.01. The molecule has 0 radical (unpaired) electrons. The van der Waals surface area contributed by atoms with Crippen molar-refractivity contribution in [3.63, 3.8) is 0 Å². The first kappa shape index (κ1) is 23.0. The number of piperidine rings is 1. The summed E-state index contributed by atoms with van der Waals surface area (Å²) in [6.45, 7) is 2.08. The van der Waals surface area contributed by atoms with E-state index in [1.807, 2.05) is 12.1 Å². The summed E-state index contributed by atoms with van der Waals surface area (Å²) in [5, 5.41) is 10.8. The van der Waals surface area contributed by atoms with Crippen LogP contribution in [0.3, 0.4) is 0 Å². The summed E-state index contributed by atoms with van der Waals surface area (Å²) in [5.74, 6) is -0.609. The number of likely N-dealkylation sites (tertiary alicyclic amines) is 1. The van der Waals surface area contributed by atoms with E-state index in [1.54, 1.807) is 35.0 Å². The molecule has 0 saturated carbocycles. The maximum atomic E-state index is 14.0. The van der Waals surface area contributed by atoms with E-state index in [9.17, 15) is 17.6 Å². The lowest BCUT2D eigenvalue weighted by molar-refractivity contribution is -0.141. The Morgan fingerprint density at radius 3 is 2.43 bits per heavy atom. The van der Waals surface area contributed by atoms with Gasteiger partial charge in [0.1, 0.15) is 11.5 Å². The lowest BCUT2D eigenvalue weighted by atomic mass is 10.1. The zero-order valence-electron chi connectivity index (χ0n) is 18.8. The minimum Gasteiger partial charge on any atom is -0.366 e. The minimum atomic E-state index is -4.66. The number of hydrogen-bond donors (Lipinski definition) is 2. The Morgan fingerprint density at radius 2 is 1.71 bits per heavy atom. The lowest BCUT2D eigenvalue weighted by Gasteiger charge is -2.29. The normalized spacial score (nSPS) is 15.5. The molecule has 0 atom stereocenters. The summed E-state index contributed by atoms with van der Waals surface area (Å²) in [6.07, 6.45) is -0.866. The number of halogens is 4. The number of nitrogens with one attached hydrogen (secondary N) is 2. The van der Waals surface area contributed by atoms with Gasteiger partial charge in [0.05, 0.1) is 11.9 Å². The molecule has 4 aromatic rings. The minimum absolute atomic E-state index is 0.360. The first-order chi connectivity index (χ1) is 16.8. The van der Waals surface area contributed by atoms with E-state index in [4.69, 9.17) is 5.10 Å². The molecule has 0 bridgehead atoms. The highest BCUT2D eigenvalue weighted by atomic mass is 19.4. The van der Waals surface area contributed by atoms with Crippen molar-refractivity contribution < 1.29 is 17.6 Å². The molecular formula is C24H23F4N7. The summed E-state index contributed by atoms with van der Waals surface area (Å²) in [5.41, 5.74) is 1.46. The van der Waals surface area contributed by atoms with Gasteiger partial charge < -0.3 is 15.5 Å². The van der Waals surface area contributed by atoms with Gasteiger partial charge >= 0.3 is 6.18 Å². The monoisotopic (exact) mass is 485 g/mol. The van der Waals surface area contributed by atoms with E-state index in [0.29, 0.717) is 23.4 Å². The van der Waals surface area contributed by atoms with Gasteiger partial charge in [-0.25, -0.2) is 18.9 Å². The van der Waals surface area contributed by atoms with E-state index in [0.717, 1.165) is 49.1 Å². The molecule has 11 heteroatoms. The summed E-state index contributed by atoms with van der Waals surface area (Å²) in [4.78, 5) is 10.1. The van der Waals surface area contributed by atoms with E-state index in [1.165, 1.54) is 0 Å². The van der Waals surface area contributed by atoms with Gasteiger partial charge in [-0.05, 0) is 69.4 Å². The van der Waals surface area contributed by atoms with Crippen LogP contribution in [0.4, 0.5) is 34.9 Å². The molecule has 0 spiro atoms. The van der Waals surface area contributed by atoms with Crippen molar-refractivity contribution >= 4 is 23.0 Å². The van der Waals surface area contributed by atoms with Gasteiger partial charge in [-0.3, -0.25) is 0 Å². The number of benzene rings is 1. The number of nitrogens with zero attached hydrogens (tertiary/aromatic N) is 5. The Hall–Kier alpha value is -3.73. The maximum absolute atomic E-state index is 14.0. The molecule has 182 valence electrons. The van der Waals surface area contributed by atoms with Gasteiger partial charge in [0, 0.05) is 17.3 Å². The molecule has 2 N–H and O–H groups in total. The second kappa shape index (κ2) is 9.14. The molecule has 3 aromatic heterocycles. The number of alkyl halides is 3. The molecule has 1 aliphatic heterocycles. The summed E-state index contributed by atoms with van der Waals surface area (Å²) in [7, 11) is 2.12. The van der Waals surface area contributed by atoms with Crippen molar-refractivity contribution in [2.75, 3.05) is 30.8 Å². The third kappa shape index (κ3) is 5.04. The Bertz CT molecular complexity index is 1330. The summed E-state index contributed by atoms with van der Waals surface area (Å²) in [6, 6.07) is 12.3. The van der Waals surface area contributed by atoms with Crippen LogP contribution in [0.2, 0.25) is 0 Å². The molecule has 7 nitrogen and oxygen atoms in total. The highest BCUT2D eigenvalue weighted by molar-refractivity contribution is 5.67. The van der Waals surface area contributed by atoms with Crippen LogP contribution in [-0.2, 0) is 6.18 Å². The molecule has 1 aliphatic rings. The average Bonchev–Trinajstić information content (AvgIpc) is 3.25. The zero-order chi connectivity index (χ0) is 24.6. The van der Waals surface area contributed by atoms with Crippen LogP contribution in [-0.4, -0.2) is 50.7 Å². The molecule has 0 aliphatic carbocycles. The van der Waals surface area contributed by atoms with E-state index in [-0.39, 0.29) is 0 Å². The number of fused-ring (bicyclic) bond motifs is 1. The number of rotatable bonds is 5. The molecule has 0 unspecified atom stereocenters. The van der Waals surface area contributed by atoms with Gasteiger partial charge in [0.2, 0.25) is 0 Å². The molecule has 5 rings (SSSR count). The van der Waals surface area contributed by atoms with Crippen molar-refractivity contribution in [2.24, 2.45) is 0 Å². The molecule has 1 fully saturated rings. The second-order valence-corrected chi connectivity index (χ2v) is 8.58. The van der Waals surface area contributed by atoms with Gasteiger partial charge in [0.15, 0.2) is 17.3 Å². The van der Waals surface area contributed by atoms with Crippen LogP contribution in [0.1, 0.15) is 18.5 Å². The van der Waals surface area contributed by atoms with Gasteiger partial charge in [0.25, 0.3) is 0 Å². The van der Waals surface area contributed by atoms with Crippen LogP contribution in [0, 0.1) is 5.82 Å². The van der Waals surface area contributed by atoms with Crippen LogP contribution >= 0.6 is 0 Å². The third-order valence-electron chi connectivity index (χ3n) is 6.01. The van der Waals surface area contributed by atoms with Crippen molar-refractivity contribution in [3.05, 3.63) is 66.2 Å². The summed E-state index contributed by atoms with van der Waals surface area (Å²) >= 11 is 0. The number of aromatic nitrogens is 4. The van der Waals surface area contributed by atoms with Gasteiger partial charge in [-0.15, -0.1) is 5.10 Å². The molecule has 4 heterocycles. The molecule has 1 saturated heterocycles. The largest absolute Gasteiger partial charge is 0.433 e. The number of imidazole rings is 1. The second-order valence-electron chi connectivity index (χ2n) is 8.58. The van der Waals surface area contributed by atoms with Crippen LogP contribution in [0.5, 0.6) is 0 Å². The molecule has 0 amide bonds. The Balaban J connectivity index is 1.35. The van der Waals surface area contributed by atoms with E-state index in [2.05, 4.69) is 32.5 Å². The highest BCUT2D eigenvalue weighted by Crippen LogP contribution is 2.30. The highest BCUT2D eigenvalue weighted by Gasteiger charge is 2.33. The Morgan fingerprint density at radius 1 is 0.971 bits per heavy atom. The van der Waals surface area contributed by atoms with E-state index < -0.39 is 23.5 Å².